The van der Waals surface area contributed by atoms with E-state index in [9.17, 15) is 0 Å². The summed E-state index contributed by atoms with van der Waals surface area (Å²) in [5.74, 6) is 0.625. The van der Waals surface area contributed by atoms with Gasteiger partial charge in [0.15, 0.2) is 0 Å². The summed E-state index contributed by atoms with van der Waals surface area (Å²) in [5, 5.41) is 0. The number of rotatable bonds is 2. The van der Waals surface area contributed by atoms with Crippen molar-refractivity contribution in [3.63, 3.8) is 0 Å². The molecule has 0 atom stereocenters. The fraction of sp³-hybridized carbons (Fsp3) is 0.111. The minimum Gasteiger partial charge on any atom is -0.396 e. The van der Waals surface area contributed by atoms with Gasteiger partial charge in [-0.2, -0.15) is 0 Å². The number of nitrogens with two attached hydrogens (primary N) is 2. The van der Waals surface area contributed by atoms with Gasteiger partial charge in [-0.3, -0.25) is 0 Å². The molecule has 0 aliphatic carbocycles. The maximum atomic E-state index is 6.17. The van der Waals surface area contributed by atoms with Gasteiger partial charge in [0.25, 0.3) is 0 Å². The lowest BCUT2D eigenvalue weighted by molar-refractivity contribution is 0.922. The lowest BCUT2D eigenvalue weighted by atomic mass is 10.0. The molecule has 2 aromatic carbocycles. The van der Waals surface area contributed by atoms with Gasteiger partial charge in [-0.25, -0.2) is 0 Å². The molecule has 0 saturated carbocycles. The van der Waals surface area contributed by atoms with Crippen LogP contribution in [0.4, 0.5) is 5.69 Å². The molecular weight excluding hydrogens is 258 g/mol. The van der Waals surface area contributed by atoms with E-state index in [0.717, 1.165) is 17.8 Å². The van der Waals surface area contributed by atoms with Gasteiger partial charge >= 0.3 is 0 Å². The molecular formula is C18H19N3. The molecule has 2 aromatic rings. The van der Waals surface area contributed by atoms with Gasteiger partial charge in [0.05, 0.1) is 5.70 Å². The van der Waals surface area contributed by atoms with Crippen LogP contribution in [0, 0.1) is 0 Å². The molecule has 21 heavy (non-hydrogen) atoms. The molecule has 1 aliphatic rings. The Bertz CT molecular complexity index is 714. The maximum absolute atomic E-state index is 6.17. The van der Waals surface area contributed by atoms with Gasteiger partial charge in [-0.1, -0.05) is 48.5 Å². The fourth-order valence-electron chi connectivity index (χ4n) is 2.51. The summed E-state index contributed by atoms with van der Waals surface area (Å²) in [6.45, 7) is 2.73. The third-order valence-corrected chi connectivity index (χ3v) is 3.84. The Balaban J connectivity index is 1.98. The highest BCUT2D eigenvalue weighted by Crippen LogP contribution is 2.28. The van der Waals surface area contributed by atoms with Gasteiger partial charge in [-0.15, -0.1) is 0 Å². The predicted octanol–water partition coefficient (Wildman–Crippen LogP) is 3.21. The first kappa shape index (κ1) is 13.3. The van der Waals surface area contributed by atoms with Crippen molar-refractivity contribution >= 4 is 5.69 Å². The minimum absolute atomic E-state index is 0.625. The zero-order valence-electron chi connectivity index (χ0n) is 12.1. The maximum Gasteiger partial charge on any atom is 0.127 e. The molecule has 1 aliphatic heterocycles. The van der Waals surface area contributed by atoms with Crippen molar-refractivity contribution in [2.45, 2.75) is 6.92 Å². The number of nitrogens with zero attached hydrogens (tertiary/aromatic N) is 1. The molecule has 0 unspecified atom stereocenters. The van der Waals surface area contributed by atoms with E-state index < -0.39 is 0 Å². The first-order chi connectivity index (χ1) is 10.2. The highest BCUT2D eigenvalue weighted by molar-refractivity contribution is 5.70. The van der Waals surface area contributed by atoms with E-state index in [1.165, 1.54) is 11.1 Å². The molecule has 0 aromatic heterocycles. The summed E-state index contributed by atoms with van der Waals surface area (Å²) >= 11 is 0. The Kier molecular flexibility index (Phi) is 3.40. The van der Waals surface area contributed by atoms with Crippen LogP contribution in [0.25, 0.3) is 11.1 Å². The summed E-state index contributed by atoms with van der Waals surface area (Å²) in [5.41, 5.74) is 17.3. The molecule has 0 bridgehead atoms. The number of allylic oxidation sites excluding steroid dienone is 1. The summed E-state index contributed by atoms with van der Waals surface area (Å²) < 4.78 is 0. The second-order valence-electron chi connectivity index (χ2n) is 5.21. The lowest BCUT2D eigenvalue weighted by Crippen LogP contribution is -2.34. The Labute approximate surface area is 125 Å². The third kappa shape index (κ3) is 2.50. The van der Waals surface area contributed by atoms with E-state index >= 15 is 0 Å². The van der Waals surface area contributed by atoms with Gasteiger partial charge in [0.2, 0.25) is 0 Å². The minimum atomic E-state index is 0.625. The van der Waals surface area contributed by atoms with Crippen LogP contribution in [0.3, 0.4) is 0 Å². The lowest BCUT2D eigenvalue weighted by Gasteiger charge is -2.29. The largest absolute Gasteiger partial charge is 0.396 e. The van der Waals surface area contributed by atoms with E-state index in [-0.39, 0.29) is 0 Å². The quantitative estimate of drug-likeness (QED) is 0.886. The van der Waals surface area contributed by atoms with Gasteiger partial charge in [0, 0.05) is 12.2 Å². The van der Waals surface area contributed by atoms with Crippen molar-refractivity contribution < 1.29 is 0 Å². The molecule has 4 N–H and O–H groups in total. The van der Waals surface area contributed by atoms with Crippen molar-refractivity contribution in [1.82, 2.24) is 0 Å². The Hall–Kier alpha value is -2.68. The van der Waals surface area contributed by atoms with Crippen LogP contribution in [0.1, 0.15) is 6.92 Å². The molecule has 3 heteroatoms. The van der Waals surface area contributed by atoms with Crippen LogP contribution >= 0.6 is 0 Å². The van der Waals surface area contributed by atoms with E-state index in [1.54, 1.807) is 0 Å². The zero-order valence-corrected chi connectivity index (χ0v) is 12.1. The monoisotopic (exact) mass is 277 g/mol. The van der Waals surface area contributed by atoms with Crippen molar-refractivity contribution in [2.75, 3.05) is 11.4 Å². The number of benzene rings is 2. The van der Waals surface area contributed by atoms with Crippen molar-refractivity contribution in [3.05, 3.63) is 77.8 Å². The molecule has 1 heterocycles. The second-order valence-corrected chi connectivity index (χ2v) is 5.21. The molecule has 0 saturated heterocycles. The number of hydrogen-bond donors (Lipinski definition) is 2. The molecule has 0 radical (unpaired) electrons. The SMILES string of the molecule is CC1=CCN(c2cccc(-c3ccccc3)c2)C(N)=C1N. The molecule has 0 fully saturated rings. The average Bonchev–Trinajstić information content (AvgIpc) is 2.54. The van der Waals surface area contributed by atoms with Crippen molar-refractivity contribution in [3.8, 4) is 11.1 Å². The van der Waals surface area contributed by atoms with E-state index in [2.05, 4.69) is 36.4 Å². The van der Waals surface area contributed by atoms with Gasteiger partial charge < -0.3 is 16.4 Å². The Morgan fingerprint density at radius 3 is 2.38 bits per heavy atom. The predicted molar refractivity (Wildman–Crippen MR) is 88.4 cm³/mol. The summed E-state index contributed by atoms with van der Waals surface area (Å²) in [6, 6.07) is 18.7. The van der Waals surface area contributed by atoms with E-state index in [4.69, 9.17) is 11.5 Å². The topological polar surface area (TPSA) is 55.3 Å². The molecule has 3 rings (SSSR count). The van der Waals surface area contributed by atoms with Crippen molar-refractivity contribution in [1.29, 1.82) is 0 Å². The normalized spacial score (nSPS) is 15.1. The van der Waals surface area contributed by atoms with Crippen LogP contribution in [0.15, 0.2) is 77.8 Å². The van der Waals surface area contributed by atoms with Gasteiger partial charge in [-0.05, 0) is 35.8 Å². The molecule has 0 spiro atoms. The van der Waals surface area contributed by atoms with Crippen LogP contribution in [0.2, 0.25) is 0 Å². The molecule has 0 amide bonds. The highest BCUT2D eigenvalue weighted by Gasteiger charge is 2.17. The van der Waals surface area contributed by atoms with Crippen LogP contribution in [0.5, 0.6) is 0 Å². The van der Waals surface area contributed by atoms with Crippen LogP contribution in [-0.4, -0.2) is 6.54 Å². The smallest absolute Gasteiger partial charge is 0.127 e. The standard InChI is InChI=1S/C18H19N3/c1-13-10-11-21(18(20)17(13)19)16-9-5-8-15(12-16)14-6-3-2-4-7-14/h2-10,12H,11,19-20H2,1H3. The van der Waals surface area contributed by atoms with Crippen LogP contribution in [-0.2, 0) is 0 Å². The summed E-state index contributed by atoms with van der Waals surface area (Å²) in [4.78, 5) is 2.04. The highest BCUT2D eigenvalue weighted by atomic mass is 15.2. The Morgan fingerprint density at radius 1 is 0.905 bits per heavy atom. The number of hydrogen-bond acceptors (Lipinski definition) is 3. The summed E-state index contributed by atoms with van der Waals surface area (Å²) in [6.07, 6.45) is 2.10. The third-order valence-electron chi connectivity index (χ3n) is 3.84. The average molecular weight is 277 g/mol. The first-order valence-electron chi connectivity index (χ1n) is 7.02. The summed E-state index contributed by atoms with van der Waals surface area (Å²) in [7, 11) is 0. The van der Waals surface area contributed by atoms with Crippen LogP contribution < -0.4 is 16.4 Å². The van der Waals surface area contributed by atoms with Gasteiger partial charge in [0.1, 0.15) is 5.82 Å². The first-order valence-corrected chi connectivity index (χ1v) is 7.02. The second kappa shape index (κ2) is 5.37. The molecule has 106 valence electrons. The number of anilines is 1. The zero-order chi connectivity index (χ0) is 14.8. The van der Waals surface area contributed by atoms with E-state index in [0.29, 0.717) is 11.5 Å². The van der Waals surface area contributed by atoms with Crippen molar-refractivity contribution in [2.24, 2.45) is 11.5 Å². The Morgan fingerprint density at radius 2 is 1.62 bits per heavy atom. The van der Waals surface area contributed by atoms with E-state index in [1.807, 2.05) is 36.1 Å². The fourth-order valence-corrected chi connectivity index (χ4v) is 2.51. The molecule has 3 nitrogen and oxygen atoms in total.